The summed E-state index contributed by atoms with van der Waals surface area (Å²) in [6, 6.07) is 5.13. The molecular formula is C10H14N2O3. The Bertz CT molecular complexity index is 353. The molecule has 0 unspecified atom stereocenters. The lowest BCUT2D eigenvalue weighted by Gasteiger charge is -2.04. The summed E-state index contributed by atoms with van der Waals surface area (Å²) in [5, 5.41) is 22.2. The van der Waals surface area contributed by atoms with Crippen LogP contribution in [-0.2, 0) is 6.54 Å². The van der Waals surface area contributed by atoms with E-state index < -0.39 is 0 Å². The quantitative estimate of drug-likeness (QED) is 0.431. The molecule has 0 aliphatic heterocycles. The summed E-state index contributed by atoms with van der Waals surface area (Å²) in [5.41, 5.74) is 1.64. The van der Waals surface area contributed by atoms with Gasteiger partial charge in [-0.05, 0) is 12.5 Å². The summed E-state index contributed by atoms with van der Waals surface area (Å²) in [6.45, 7) is 2.79. The molecule has 0 bridgehead atoms. The maximum Gasteiger partial charge on any atom is 0.272 e. The standard InChI is InChI=1S/C10H14N2O3/c1-8-2-3-9(7-11-4-5-13)6-10(8)12(14)15/h2-3,6,11,13H,4-5,7H2,1H3. The fourth-order valence-electron chi connectivity index (χ4n) is 1.27. The lowest BCUT2D eigenvalue weighted by molar-refractivity contribution is -0.385. The Morgan fingerprint density at radius 3 is 2.87 bits per heavy atom. The van der Waals surface area contributed by atoms with E-state index in [-0.39, 0.29) is 17.2 Å². The third kappa shape index (κ3) is 3.30. The van der Waals surface area contributed by atoms with E-state index in [0.717, 1.165) is 5.56 Å². The first kappa shape index (κ1) is 11.6. The number of nitro groups is 1. The summed E-state index contributed by atoms with van der Waals surface area (Å²) in [7, 11) is 0. The van der Waals surface area contributed by atoms with Crippen LogP contribution in [0, 0.1) is 17.0 Å². The van der Waals surface area contributed by atoms with Gasteiger partial charge in [-0.1, -0.05) is 12.1 Å². The van der Waals surface area contributed by atoms with Gasteiger partial charge in [-0.15, -0.1) is 0 Å². The Labute approximate surface area is 87.9 Å². The summed E-state index contributed by atoms with van der Waals surface area (Å²) >= 11 is 0. The van der Waals surface area contributed by atoms with Gasteiger partial charge in [-0.25, -0.2) is 0 Å². The second-order valence-corrected chi connectivity index (χ2v) is 3.28. The van der Waals surface area contributed by atoms with Crippen LogP contribution in [0.5, 0.6) is 0 Å². The SMILES string of the molecule is Cc1ccc(CNCCO)cc1[N+](=O)[O-]. The minimum absolute atomic E-state index is 0.0634. The van der Waals surface area contributed by atoms with E-state index in [4.69, 9.17) is 5.11 Å². The molecule has 5 heteroatoms. The van der Waals surface area contributed by atoms with Crippen molar-refractivity contribution in [2.45, 2.75) is 13.5 Å². The first-order chi connectivity index (χ1) is 7.15. The summed E-state index contributed by atoms with van der Waals surface area (Å²) in [4.78, 5) is 10.3. The van der Waals surface area contributed by atoms with Crippen LogP contribution in [-0.4, -0.2) is 23.2 Å². The Kier molecular flexibility index (Phi) is 4.20. The first-order valence-electron chi connectivity index (χ1n) is 4.70. The van der Waals surface area contributed by atoms with Crippen LogP contribution >= 0.6 is 0 Å². The molecule has 0 saturated heterocycles. The highest BCUT2D eigenvalue weighted by Gasteiger charge is 2.10. The van der Waals surface area contributed by atoms with Crippen LogP contribution in [0.4, 0.5) is 5.69 Å². The lowest BCUT2D eigenvalue weighted by Crippen LogP contribution is -2.17. The number of aryl methyl sites for hydroxylation is 1. The third-order valence-electron chi connectivity index (χ3n) is 2.09. The number of hydrogen-bond acceptors (Lipinski definition) is 4. The predicted molar refractivity (Wildman–Crippen MR) is 56.6 cm³/mol. The second kappa shape index (κ2) is 5.43. The zero-order chi connectivity index (χ0) is 11.3. The zero-order valence-electron chi connectivity index (χ0n) is 8.56. The van der Waals surface area contributed by atoms with Crippen LogP contribution < -0.4 is 5.32 Å². The van der Waals surface area contributed by atoms with Crippen LogP contribution in [0.2, 0.25) is 0 Å². The van der Waals surface area contributed by atoms with Crippen molar-refractivity contribution >= 4 is 5.69 Å². The van der Waals surface area contributed by atoms with Crippen molar-refractivity contribution in [2.75, 3.05) is 13.2 Å². The number of rotatable bonds is 5. The van der Waals surface area contributed by atoms with E-state index in [1.54, 1.807) is 19.1 Å². The number of nitro benzene ring substituents is 1. The van der Waals surface area contributed by atoms with E-state index in [0.29, 0.717) is 18.7 Å². The molecular weight excluding hydrogens is 196 g/mol. The molecule has 0 atom stereocenters. The molecule has 2 N–H and O–H groups in total. The van der Waals surface area contributed by atoms with E-state index >= 15 is 0 Å². The highest BCUT2D eigenvalue weighted by molar-refractivity contribution is 5.42. The van der Waals surface area contributed by atoms with E-state index in [1.807, 2.05) is 6.07 Å². The van der Waals surface area contributed by atoms with Crippen molar-refractivity contribution in [1.29, 1.82) is 0 Å². The minimum Gasteiger partial charge on any atom is -0.395 e. The Morgan fingerprint density at radius 2 is 2.27 bits per heavy atom. The molecule has 1 aromatic carbocycles. The van der Waals surface area contributed by atoms with Crippen molar-refractivity contribution in [2.24, 2.45) is 0 Å². The zero-order valence-corrected chi connectivity index (χ0v) is 8.56. The van der Waals surface area contributed by atoms with Crippen molar-refractivity contribution in [3.8, 4) is 0 Å². The third-order valence-corrected chi connectivity index (χ3v) is 2.09. The van der Waals surface area contributed by atoms with E-state index in [9.17, 15) is 10.1 Å². The van der Waals surface area contributed by atoms with Crippen molar-refractivity contribution < 1.29 is 10.0 Å². The largest absolute Gasteiger partial charge is 0.395 e. The molecule has 1 aromatic rings. The molecule has 0 spiro atoms. The van der Waals surface area contributed by atoms with Crippen molar-refractivity contribution in [1.82, 2.24) is 5.32 Å². The van der Waals surface area contributed by atoms with Gasteiger partial charge in [-0.2, -0.15) is 0 Å². The fourth-order valence-corrected chi connectivity index (χ4v) is 1.27. The summed E-state index contributed by atoms with van der Waals surface area (Å²) < 4.78 is 0. The first-order valence-corrected chi connectivity index (χ1v) is 4.70. The van der Waals surface area contributed by atoms with E-state index in [2.05, 4.69) is 5.32 Å². The molecule has 0 aliphatic rings. The molecule has 0 radical (unpaired) electrons. The van der Waals surface area contributed by atoms with Gasteiger partial charge >= 0.3 is 0 Å². The molecule has 0 amide bonds. The Balaban J connectivity index is 2.74. The van der Waals surface area contributed by atoms with Gasteiger partial charge in [0.15, 0.2) is 0 Å². The number of hydrogen-bond donors (Lipinski definition) is 2. The molecule has 0 fully saturated rings. The van der Waals surface area contributed by atoms with Crippen molar-refractivity contribution in [3.63, 3.8) is 0 Å². The molecule has 0 saturated carbocycles. The highest BCUT2D eigenvalue weighted by Crippen LogP contribution is 2.18. The number of aliphatic hydroxyl groups is 1. The fraction of sp³-hybridized carbons (Fsp3) is 0.400. The topological polar surface area (TPSA) is 75.4 Å². The molecule has 15 heavy (non-hydrogen) atoms. The molecule has 0 aliphatic carbocycles. The molecule has 5 nitrogen and oxygen atoms in total. The van der Waals surface area contributed by atoms with Crippen molar-refractivity contribution in [3.05, 3.63) is 39.4 Å². The number of aliphatic hydroxyl groups excluding tert-OH is 1. The van der Waals surface area contributed by atoms with Gasteiger partial charge in [0.05, 0.1) is 11.5 Å². The number of benzene rings is 1. The van der Waals surface area contributed by atoms with Gasteiger partial charge in [0.25, 0.3) is 5.69 Å². The maximum absolute atomic E-state index is 10.6. The van der Waals surface area contributed by atoms with E-state index in [1.165, 1.54) is 0 Å². The van der Waals surface area contributed by atoms with Crippen LogP contribution in [0.15, 0.2) is 18.2 Å². The number of nitrogens with zero attached hydrogens (tertiary/aromatic N) is 1. The van der Waals surface area contributed by atoms with Gasteiger partial charge in [0.2, 0.25) is 0 Å². The van der Waals surface area contributed by atoms with Gasteiger partial charge in [-0.3, -0.25) is 10.1 Å². The molecule has 0 heterocycles. The monoisotopic (exact) mass is 210 g/mol. The molecule has 0 aromatic heterocycles. The number of nitrogens with one attached hydrogen (secondary N) is 1. The van der Waals surface area contributed by atoms with Crippen LogP contribution in [0.3, 0.4) is 0 Å². The van der Waals surface area contributed by atoms with Gasteiger partial charge in [0, 0.05) is 24.7 Å². The summed E-state index contributed by atoms with van der Waals surface area (Å²) in [6.07, 6.45) is 0. The van der Waals surface area contributed by atoms with Gasteiger partial charge < -0.3 is 10.4 Å². The molecule has 82 valence electrons. The average Bonchev–Trinajstić information content (AvgIpc) is 2.20. The second-order valence-electron chi connectivity index (χ2n) is 3.28. The smallest absolute Gasteiger partial charge is 0.272 e. The average molecular weight is 210 g/mol. The highest BCUT2D eigenvalue weighted by atomic mass is 16.6. The minimum atomic E-state index is -0.384. The Morgan fingerprint density at radius 1 is 1.53 bits per heavy atom. The molecule has 1 rings (SSSR count). The lowest BCUT2D eigenvalue weighted by atomic mass is 10.1. The predicted octanol–water partition coefficient (Wildman–Crippen LogP) is 0.985. The van der Waals surface area contributed by atoms with Crippen LogP contribution in [0.1, 0.15) is 11.1 Å². The van der Waals surface area contributed by atoms with Gasteiger partial charge in [0.1, 0.15) is 0 Å². The van der Waals surface area contributed by atoms with Crippen LogP contribution in [0.25, 0.3) is 0 Å². The normalized spacial score (nSPS) is 10.3. The summed E-state index contributed by atoms with van der Waals surface area (Å²) in [5.74, 6) is 0. The maximum atomic E-state index is 10.6. The Hall–Kier alpha value is -1.46.